The number of hydrogen-bond donors (Lipinski definition) is 1. The summed E-state index contributed by atoms with van der Waals surface area (Å²) in [5.41, 5.74) is 0.892. The van der Waals surface area contributed by atoms with Crippen molar-refractivity contribution >= 4 is 11.7 Å². The summed E-state index contributed by atoms with van der Waals surface area (Å²) in [6.45, 7) is 0.750. The molecule has 0 saturated heterocycles. The number of amidine groups is 1. The predicted molar refractivity (Wildman–Crippen MR) is 53.2 cm³/mol. The molecule has 76 valence electrons. The van der Waals surface area contributed by atoms with Crippen LogP contribution in [-0.4, -0.2) is 48.6 Å². The van der Waals surface area contributed by atoms with Crippen LogP contribution in [0.3, 0.4) is 0 Å². The molecule has 6 heteroatoms. The average Bonchev–Trinajstić information content (AvgIpc) is 2.60. The smallest absolute Gasteiger partial charge is 0.196 e. The van der Waals surface area contributed by atoms with E-state index in [1.807, 2.05) is 23.9 Å². The summed E-state index contributed by atoms with van der Waals surface area (Å²) in [6, 6.07) is 0. The van der Waals surface area contributed by atoms with Crippen molar-refractivity contribution in [3.63, 3.8) is 0 Å². The van der Waals surface area contributed by atoms with Gasteiger partial charge in [-0.3, -0.25) is 0 Å². The topological polar surface area (TPSA) is 56.8 Å². The highest BCUT2D eigenvalue weighted by atomic mass is 16.6. The van der Waals surface area contributed by atoms with Gasteiger partial charge in [-0.25, -0.2) is 4.98 Å². The van der Waals surface area contributed by atoms with Crippen LogP contribution in [0.4, 0.5) is 5.82 Å². The normalized spacial score (nSPS) is 18.6. The van der Waals surface area contributed by atoms with E-state index in [9.17, 15) is 0 Å². The fourth-order valence-corrected chi connectivity index (χ4v) is 1.59. The van der Waals surface area contributed by atoms with Gasteiger partial charge in [-0.1, -0.05) is 5.16 Å². The van der Waals surface area contributed by atoms with Crippen LogP contribution >= 0.6 is 0 Å². The quantitative estimate of drug-likeness (QED) is 0.644. The maximum absolute atomic E-state index is 4.79. The summed E-state index contributed by atoms with van der Waals surface area (Å²) in [7, 11) is 5.48. The van der Waals surface area contributed by atoms with Gasteiger partial charge in [-0.15, -0.1) is 0 Å². The molecule has 0 bridgehead atoms. The number of aromatic amines is 1. The van der Waals surface area contributed by atoms with Gasteiger partial charge in [0, 0.05) is 14.1 Å². The molecule has 0 aromatic carbocycles. The molecule has 1 aromatic heterocycles. The van der Waals surface area contributed by atoms with Crippen molar-refractivity contribution in [3.05, 3.63) is 12.0 Å². The first-order valence-corrected chi connectivity index (χ1v) is 4.31. The molecule has 0 atom stereocenters. The third-order valence-corrected chi connectivity index (χ3v) is 2.17. The highest BCUT2D eigenvalue weighted by Crippen LogP contribution is 2.21. The van der Waals surface area contributed by atoms with E-state index in [0.717, 1.165) is 24.0 Å². The number of imidazole rings is 1. The third-order valence-electron chi connectivity index (χ3n) is 2.17. The van der Waals surface area contributed by atoms with Gasteiger partial charge in [0.25, 0.3) is 0 Å². The fraction of sp³-hybridized carbons (Fsp3) is 0.500. The van der Waals surface area contributed by atoms with Crippen LogP contribution in [0.5, 0.6) is 0 Å². The number of nitrogens with zero attached hydrogens (tertiary/aromatic N) is 4. The predicted octanol–water partition coefficient (Wildman–Crippen LogP) is 0.0568. The van der Waals surface area contributed by atoms with Gasteiger partial charge >= 0.3 is 0 Å². The van der Waals surface area contributed by atoms with Crippen LogP contribution in [0.25, 0.3) is 0 Å². The van der Waals surface area contributed by atoms with Crippen molar-refractivity contribution in [2.45, 2.75) is 0 Å². The largest absolute Gasteiger partial charge is 0.397 e. The first-order chi connectivity index (χ1) is 6.74. The minimum atomic E-state index is 0.750. The molecule has 0 radical (unpaired) electrons. The monoisotopic (exact) mass is 195 g/mol. The van der Waals surface area contributed by atoms with E-state index in [4.69, 9.17) is 4.84 Å². The van der Waals surface area contributed by atoms with Gasteiger partial charge < -0.3 is 19.6 Å². The Bertz CT molecular complexity index is 358. The molecular weight excluding hydrogens is 182 g/mol. The van der Waals surface area contributed by atoms with Crippen LogP contribution in [0.2, 0.25) is 0 Å². The Balaban J connectivity index is 2.46. The van der Waals surface area contributed by atoms with E-state index in [0.29, 0.717) is 0 Å². The minimum absolute atomic E-state index is 0.750. The van der Waals surface area contributed by atoms with Gasteiger partial charge in [-0.05, 0) is 0 Å². The SMILES string of the molecule is CO/N=C1\c2[nH]cnc2N(C)CN1C. The highest BCUT2D eigenvalue weighted by molar-refractivity contribution is 6.02. The molecule has 2 heterocycles. The third kappa shape index (κ3) is 1.19. The van der Waals surface area contributed by atoms with Crippen molar-refractivity contribution in [2.24, 2.45) is 5.16 Å². The summed E-state index contributed by atoms with van der Waals surface area (Å²) >= 11 is 0. The summed E-state index contributed by atoms with van der Waals surface area (Å²) in [5.74, 6) is 1.68. The number of rotatable bonds is 1. The molecule has 0 aliphatic carbocycles. The zero-order valence-corrected chi connectivity index (χ0v) is 8.48. The van der Waals surface area contributed by atoms with Crippen molar-refractivity contribution < 1.29 is 4.84 Å². The molecular formula is C8H13N5O. The lowest BCUT2D eigenvalue weighted by atomic mass is 10.3. The highest BCUT2D eigenvalue weighted by Gasteiger charge is 2.26. The van der Waals surface area contributed by atoms with Crippen molar-refractivity contribution in [1.29, 1.82) is 0 Å². The molecule has 0 unspecified atom stereocenters. The van der Waals surface area contributed by atoms with E-state index in [2.05, 4.69) is 15.1 Å². The number of anilines is 1. The van der Waals surface area contributed by atoms with Gasteiger partial charge in [0.05, 0.1) is 13.0 Å². The lowest BCUT2D eigenvalue weighted by Gasteiger charge is -2.32. The molecule has 1 aliphatic heterocycles. The molecule has 1 aliphatic rings. The van der Waals surface area contributed by atoms with E-state index in [1.165, 1.54) is 7.11 Å². The fourth-order valence-electron chi connectivity index (χ4n) is 1.59. The Morgan fingerprint density at radius 3 is 3.00 bits per heavy atom. The van der Waals surface area contributed by atoms with E-state index in [1.54, 1.807) is 6.33 Å². The first kappa shape index (κ1) is 8.86. The van der Waals surface area contributed by atoms with Gasteiger partial charge in [0.1, 0.15) is 12.8 Å². The van der Waals surface area contributed by atoms with Crippen molar-refractivity contribution in [3.8, 4) is 0 Å². The minimum Gasteiger partial charge on any atom is -0.397 e. The lowest BCUT2D eigenvalue weighted by Crippen LogP contribution is -2.43. The van der Waals surface area contributed by atoms with Crippen LogP contribution in [0.15, 0.2) is 11.5 Å². The zero-order valence-electron chi connectivity index (χ0n) is 8.48. The summed E-state index contributed by atoms with van der Waals surface area (Å²) in [5, 5.41) is 3.96. The number of hydrogen-bond acceptors (Lipinski definition) is 4. The Hall–Kier alpha value is -1.72. The molecule has 14 heavy (non-hydrogen) atoms. The molecule has 6 nitrogen and oxygen atoms in total. The molecule has 1 N–H and O–H groups in total. The summed E-state index contributed by atoms with van der Waals surface area (Å²) in [4.78, 5) is 16.1. The standard InChI is InChI=1S/C8H13N5O/c1-12-5-13(2)8(11-14-3)6-7(12)10-4-9-6/h4H,5H2,1-3H3,(H,9,10)/b11-8+. The van der Waals surface area contributed by atoms with Crippen molar-refractivity contribution in [2.75, 3.05) is 32.8 Å². The first-order valence-electron chi connectivity index (χ1n) is 4.31. The maximum atomic E-state index is 4.79. The number of oxime groups is 1. The van der Waals surface area contributed by atoms with E-state index < -0.39 is 0 Å². The summed E-state index contributed by atoms with van der Waals surface area (Å²) in [6.07, 6.45) is 1.66. The Kier molecular flexibility index (Phi) is 2.03. The number of nitrogens with one attached hydrogen (secondary N) is 1. The lowest BCUT2D eigenvalue weighted by molar-refractivity contribution is 0.207. The molecule has 0 amide bonds. The van der Waals surface area contributed by atoms with Crippen molar-refractivity contribution in [1.82, 2.24) is 14.9 Å². The molecule has 0 spiro atoms. The Morgan fingerprint density at radius 2 is 2.29 bits per heavy atom. The van der Waals surface area contributed by atoms with Crippen LogP contribution < -0.4 is 4.90 Å². The number of H-pyrrole nitrogens is 1. The average molecular weight is 195 g/mol. The Labute approximate surface area is 82.2 Å². The van der Waals surface area contributed by atoms with Crippen LogP contribution in [-0.2, 0) is 4.84 Å². The molecule has 2 rings (SSSR count). The second kappa shape index (κ2) is 3.21. The van der Waals surface area contributed by atoms with Gasteiger partial charge in [0.15, 0.2) is 11.7 Å². The Morgan fingerprint density at radius 1 is 1.50 bits per heavy atom. The second-order valence-electron chi connectivity index (χ2n) is 3.24. The zero-order chi connectivity index (χ0) is 10.1. The van der Waals surface area contributed by atoms with E-state index in [-0.39, 0.29) is 0 Å². The van der Waals surface area contributed by atoms with Gasteiger partial charge in [0.2, 0.25) is 0 Å². The maximum Gasteiger partial charge on any atom is 0.196 e. The number of aromatic nitrogens is 2. The van der Waals surface area contributed by atoms with E-state index >= 15 is 0 Å². The van der Waals surface area contributed by atoms with Gasteiger partial charge in [-0.2, -0.15) is 0 Å². The second-order valence-corrected chi connectivity index (χ2v) is 3.24. The number of fused-ring (bicyclic) bond motifs is 1. The van der Waals surface area contributed by atoms with Crippen LogP contribution in [0.1, 0.15) is 5.69 Å². The summed E-state index contributed by atoms with van der Waals surface area (Å²) < 4.78 is 0. The molecule has 0 saturated carbocycles. The van der Waals surface area contributed by atoms with Crippen LogP contribution in [0, 0.1) is 0 Å². The molecule has 1 aromatic rings. The molecule has 0 fully saturated rings.